The van der Waals surface area contributed by atoms with Crippen molar-refractivity contribution in [3.63, 3.8) is 0 Å². The Kier molecular flexibility index (Phi) is 7.33. The minimum Gasteiger partial charge on any atom is -0.481 e. The lowest BCUT2D eigenvalue weighted by atomic mass is 10.2. The minimum atomic E-state index is -0.545. The molecule has 1 rings (SSSR count). The molecular formula is C15H21BrN2O2. The number of hydrogen-bond donors (Lipinski definition) is 2. The molecule has 0 aromatic heterocycles. The van der Waals surface area contributed by atoms with Crippen LogP contribution in [0.3, 0.4) is 0 Å². The number of amides is 1. The van der Waals surface area contributed by atoms with Crippen LogP contribution in [-0.4, -0.2) is 25.1 Å². The second kappa shape index (κ2) is 8.76. The van der Waals surface area contributed by atoms with Gasteiger partial charge in [0, 0.05) is 23.1 Å². The first kappa shape index (κ1) is 16.7. The standard InChI is InChI=1S/C15H21BrN2O2/c1-4-8-18-15(19)11(3)20-14-7-6-13(16)9-12(14)10-17-5-2/h4,6-7,9,11,17H,1,5,8,10H2,2-3H3,(H,18,19). The summed E-state index contributed by atoms with van der Waals surface area (Å²) in [6, 6.07) is 5.76. The van der Waals surface area contributed by atoms with Crippen molar-refractivity contribution in [2.75, 3.05) is 13.1 Å². The zero-order chi connectivity index (χ0) is 15.0. The van der Waals surface area contributed by atoms with Gasteiger partial charge in [-0.15, -0.1) is 6.58 Å². The zero-order valence-corrected chi connectivity index (χ0v) is 13.5. The third kappa shape index (κ3) is 5.35. The SMILES string of the molecule is C=CCNC(=O)C(C)Oc1ccc(Br)cc1CNCC. The second-order valence-corrected chi connectivity index (χ2v) is 5.24. The van der Waals surface area contributed by atoms with Gasteiger partial charge in [0.25, 0.3) is 5.91 Å². The highest BCUT2D eigenvalue weighted by molar-refractivity contribution is 9.10. The van der Waals surface area contributed by atoms with Crippen LogP contribution in [0, 0.1) is 0 Å². The molecule has 0 spiro atoms. The Balaban J connectivity index is 2.74. The molecule has 1 aromatic rings. The predicted molar refractivity (Wildman–Crippen MR) is 84.8 cm³/mol. The number of halogens is 1. The van der Waals surface area contributed by atoms with E-state index in [4.69, 9.17) is 4.74 Å². The van der Waals surface area contributed by atoms with Crippen molar-refractivity contribution in [3.05, 3.63) is 40.9 Å². The fourth-order valence-electron chi connectivity index (χ4n) is 1.62. The monoisotopic (exact) mass is 340 g/mol. The Hall–Kier alpha value is -1.33. The maximum absolute atomic E-state index is 11.8. The highest BCUT2D eigenvalue weighted by Gasteiger charge is 2.15. The Morgan fingerprint density at radius 1 is 1.55 bits per heavy atom. The molecule has 1 unspecified atom stereocenters. The average molecular weight is 341 g/mol. The van der Waals surface area contributed by atoms with Gasteiger partial charge in [-0.1, -0.05) is 28.9 Å². The zero-order valence-electron chi connectivity index (χ0n) is 11.9. The van der Waals surface area contributed by atoms with Gasteiger partial charge in [-0.05, 0) is 31.7 Å². The van der Waals surface area contributed by atoms with Gasteiger partial charge in [-0.3, -0.25) is 4.79 Å². The van der Waals surface area contributed by atoms with Crippen LogP contribution in [0.1, 0.15) is 19.4 Å². The number of carbonyl (C=O) groups excluding carboxylic acids is 1. The van der Waals surface area contributed by atoms with E-state index in [2.05, 4.69) is 33.1 Å². The van der Waals surface area contributed by atoms with Crippen molar-refractivity contribution in [1.29, 1.82) is 0 Å². The van der Waals surface area contributed by atoms with E-state index in [-0.39, 0.29) is 5.91 Å². The molecule has 4 nitrogen and oxygen atoms in total. The summed E-state index contributed by atoms with van der Waals surface area (Å²) in [5, 5.41) is 5.97. The first-order chi connectivity index (χ1) is 9.58. The van der Waals surface area contributed by atoms with Gasteiger partial charge in [0.15, 0.2) is 6.10 Å². The second-order valence-electron chi connectivity index (χ2n) is 4.33. The molecule has 0 heterocycles. The van der Waals surface area contributed by atoms with Gasteiger partial charge < -0.3 is 15.4 Å². The minimum absolute atomic E-state index is 0.151. The summed E-state index contributed by atoms with van der Waals surface area (Å²) in [5.74, 6) is 0.567. The summed E-state index contributed by atoms with van der Waals surface area (Å²) >= 11 is 3.44. The van der Waals surface area contributed by atoms with E-state index < -0.39 is 6.10 Å². The molecule has 0 fully saturated rings. The third-order valence-electron chi connectivity index (χ3n) is 2.68. The molecule has 1 aromatic carbocycles. The van der Waals surface area contributed by atoms with E-state index in [1.54, 1.807) is 13.0 Å². The van der Waals surface area contributed by atoms with E-state index in [1.807, 2.05) is 25.1 Å². The van der Waals surface area contributed by atoms with Crippen LogP contribution in [0.2, 0.25) is 0 Å². The van der Waals surface area contributed by atoms with E-state index in [0.717, 1.165) is 22.3 Å². The van der Waals surface area contributed by atoms with Crippen LogP contribution >= 0.6 is 15.9 Å². The molecule has 0 saturated carbocycles. The Morgan fingerprint density at radius 2 is 2.30 bits per heavy atom. The maximum atomic E-state index is 11.8. The van der Waals surface area contributed by atoms with Crippen LogP contribution in [-0.2, 0) is 11.3 Å². The molecule has 20 heavy (non-hydrogen) atoms. The van der Waals surface area contributed by atoms with E-state index in [1.165, 1.54) is 0 Å². The van der Waals surface area contributed by atoms with Gasteiger partial charge in [0.05, 0.1) is 0 Å². The molecule has 1 atom stereocenters. The Bertz CT molecular complexity index is 463. The van der Waals surface area contributed by atoms with Gasteiger partial charge >= 0.3 is 0 Å². The van der Waals surface area contributed by atoms with Crippen LogP contribution in [0.25, 0.3) is 0 Å². The largest absolute Gasteiger partial charge is 0.481 e. The van der Waals surface area contributed by atoms with E-state index in [9.17, 15) is 4.79 Å². The Morgan fingerprint density at radius 3 is 2.95 bits per heavy atom. The molecule has 2 N–H and O–H groups in total. The van der Waals surface area contributed by atoms with Crippen molar-refractivity contribution in [2.45, 2.75) is 26.5 Å². The van der Waals surface area contributed by atoms with Gasteiger partial charge in [-0.25, -0.2) is 0 Å². The van der Waals surface area contributed by atoms with Gasteiger partial charge in [0.2, 0.25) is 0 Å². The van der Waals surface area contributed by atoms with Gasteiger partial charge in [-0.2, -0.15) is 0 Å². The number of hydrogen-bond acceptors (Lipinski definition) is 3. The summed E-state index contributed by atoms with van der Waals surface area (Å²) in [6.45, 7) is 9.36. The first-order valence-electron chi connectivity index (χ1n) is 6.62. The summed E-state index contributed by atoms with van der Waals surface area (Å²) in [6.07, 6.45) is 1.09. The predicted octanol–water partition coefficient (Wildman–Crippen LogP) is 2.63. The van der Waals surface area contributed by atoms with Crippen LogP contribution in [0.5, 0.6) is 5.75 Å². The molecule has 0 saturated heterocycles. The number of benzene rings is 1. The molecule has 0 aliphatic carbocycles. The lowest BCUT2D eigenvalue weighted by molar-refractivity contribution is -0.127. The van der Waals surface area contributed by atoms with Crippen LogP contribution in [0.15, 0.2) is 35.3 Å². The molecule has 0 bridgehead atoms. The molecule has 1 amide bonds. The summed E-state index contributed by atoms with van der Waals surface area (Å²) in [5.41, 5.74) is 1.02. The lowest BCUT2D eigenvalue weighted by Crippen LogP contribution is -2.36. The Labute approximate surface area is 128 Å². The molecule has 0 radical (unpaired) electrons. The quantitative estimate of drug-likeness (QED) is 0.715. The number of ether oxygens (including phenoxy) is 1. The van der Waals surface area contributed by atoms with Crippen molar-refractivity contribution in [3.8, 4) is 5.75 Å². The fraction of sp³-hybridized carbons (Fsp3) is 0.400. The maximum Gasteiger partial charge on any atom is 0.261 e. The number of carbonyl (C=O) groups is 1. The van der Waals surface area contributed by atoms with Crippen molar-refractivity contribution in [1.82, 2.24) is 10.6 Å². The fourth-order valence-corrected chi connectivity index (χ4v) is 2.03. The number of rotatable bonds is 8. The normalized spacial score (nSPS) is 11.8. The van der Waals surface area contributed by atoms with E-state index in [0.29, 0.717) is 13.1 Å². The third-order valence-corrected chi connectivity index (χ3v) is 3.17. The summed E-state index contributed by atoms with van der Waals surface area (Å²) in [7, 11) is 0. The van der Waals surface area contributed by atoms with Crippen molar-refractivity contribution >= 4 is 21.8 Å². The van der Waals surface area contributed by atoms with Gasteiger partial charge in [0.1, 0.15) is 5.75 Å². The smallest absolute Gasteiger partial charge is 0.261 e. The topological polar surface area (TPSA) is 50.4 Å². The summed E-state index contributed by atoms with van der Waals surface area (Å²) < 4.78 is 6.74. The van der Waals surface area contributed by atoms with Crippen LogP contribution < -0.4 is 15.4 Å². The number of nitrogens with one attached hydrogen (secondary N) is 2. The molecule has 5 heteroatoms. The highest BCUT2D eigenvalue weighted by atomic mass is 79.9. The van der Waals surface area contributed by atoms with E-state index >= 15 is 0 Å². The molecular weight excluding hydrogens is 320 g/mol. The molecule has 110 valence electrons. The van der Waals surface area contributed by atoms with Crippen LogP contribution in [0.4, 0.5) is 0 Å². The van der Waals surface area contributed by atoms with Crippen molar-refractivity contribution < 1.29 is 9.53 Å². The lowest BCUT2D eigenvalue weighted by Gasteiger charge is -2.17. The average Bonchev–Trinajstić information content (AvgIpc) is 2.44. The summed E-state index contributed by atoms with van der Waals surface area (Å²) in [4.78, 5) is 11.8. The first-order valence-corrected chi connectivity index (χ1v) is 7.42. The van der Waals surface area contributed by atoms with Crippen molar-refractivity contribution in [2.24, 2.45) is 0 Å². The molecule has 0 aliphatic rings. The molecule has 0 aliphatic heterocycles. The highest BCUT2D eigenvalue weighted by Crippen LogP contribution is 2.24.